The van der Waals surface area contributed by atoms with Crippen molar-refractivity contribution in [2.24, 2.45) is 0 Å². The Bertz CT molecular complexity index is 597. The number of carbonyl (C=O) groups excluding carboxylic acids is 1. The van der Waals surface area contributed by atoms with Crippen LogP contribution in [0.1, 0.15) is 25.7 Å². The van der Waals surface area contributed by atoms with Crippen molar-refractivity contribution in [3.63, 3.8) is 0 Å². The highest BCUT2D eigenvalue weighted by Crippen LogP contribution is 2.24. The average molecular weight is 275 g/mol. The molecule has 1 N–H and O–H groups in total. The van der Waals surface area contributed by atoms with E-state index in [1.807, 2.05) is 45.0 Å². The Morgan fingerprint density at radius 3 is 2.42 bits per heavy atom. The van der Waals surface area contributed by atoms with Gasteiger partial charge in [0.15, 0.2) is 0 Å². The normalized spacial score (nSPS) is 10.3. The van der Waals surface area contributed by atoms with E-state index in [-0.39, 0.29) is 5.91 Å². The molecule has 0 saturated heterocycles. The third-order valence-electron chi connectivity index (χ3n) is 3.04. The van der Waals surface area contributed by atoms with E-state index in [0.717, 1.165) is 27.4 Å². The van der Waals surface area contributed by atoms with Gasteiger partial charge >= 0.3 is 0 Å². The zero-order valence-electron chi connectivity index (χ0n) is 11.5. The number of hydrogen-bond donors (Lipinski definition) is 1. The Labute approximate surface area is 117 Å². The fraction of sp³-hybridized carbons (Fsp3) is 0.267. The van der Waals surface area contributed by atoms with Crippen molar-refractivity contribution in [3.05, 3.63) is 45.1 Å². The largest absolute Gasteiger partial charge is 0.496 e. The van der Waals surface area contributed by atoms with E-state index in [4.69, 9.17) is 4.74 Å². The average Bonchev–Trinajstić information content (AvgIpc) is 2.70. The molecule has 1 aromatic carbocycles. The van der Waals surface area contributed by atoms with Crippen molar-refractivity contribution in [1.29, 1.82) is 0 Å². The van der Waals surface area contributed by atoms with E-state index >= 15 is 0 Å². The maximum Gasteiger partial charge on any atom is 0.265 e. The molecule has 0 fully saturated rings. The predicted molar refractivity (Wildman–Crippen MR) is 79.5 cm³/mol. The minimum atomic E-state index is -0.0641. The van der Waals surface area contributed by atoms with Crippen molar-refractivity contribution in [3.8, 4) is 5.75 Å². The minimum Gasteiger partial charge on any atom is -0.496 e. The zero-order valence-corrected chi connectivity index (χ0v) is 12.4. The van der Waals surface area contributed by atoms with Crippen LogP contribution in [-0.2, 0) is 0 Å². The molecule has 1 heterocycles. The number of ether oxygens (including phenoxy) is 1. The van der Waals surface area contributed by atoms with Gasteiger partial charge in [0.05, 0.1) is 12.0 Å². The van der Waals surface area contributed by atoms with Gasteiger partial charge in [0.25, 0.3) is 5.91 Å². The Balaban J connectivity index is 2.17. The number of hydrogen-bond acceptors (Lipinski definition) is 3. The van der Waals surface area contributed by atoms with Crippen LogP contribution >= 0.6 is 11.3 Å². The minimum absolute atomic E-state index is 0.0641. The third kappa shape index (κ3) is 2.96. The van der Waals surface area contributed by atoms with Crippen LogP contribution in [0.5, 0.6) is 5.75 Å². The molecule has 1 amide bonds. The first-order valence-electron chi connectivity index (χ1n) is 6.04. The van der Waals surface area contributed by atoms with Gasteiger partial charge in [0.1, 0.15) is 5.75 Å². The quantitative estimate of drug-likeness (QED) is 0.921. The number of carbonyl (C=O) groups is 1. The molecule has 1 aromatic heterocycles. The first-order valence-corrected chi connectivity index (χ1v) is 6.86. The SMILES string of the molecule is COc1ccc(NC(=O)c2cc(C)c(C)s2)cc1C. The van der Waals surface area contributed by atoms with Crippen LogP contribution in [0.2, 0.25) is 0 Å². The number of anilines is 1. The first-order chi connectivity index (χ1) is 9.01. The van der Waals surface area contributed by atoms with Crippen molar-refractivity contribution < 1.29 is 9.53 Å². The number of amides is 1. The van der Waals surface area contributed by atoms with Crippen molar-refractivity contribution >= 4 is 22.9 Å². The van der Waals surface area contributed by atoms with Gasteiger partial charge in [-0.15, -0.1) is 11.3 Å². The summed E-state index contributed by atoms with van der Waals surface area (Å²) in [6, 6.07) is 7.53. The lowest BCUT2D eigenvalue weighted by Crippen LogP contribution is -2.10. The molecule has 0 aliphatic carbocycles. The van der Waals surface area contributed by atoms with E-state index < -0.39 is 0 Å². The zero-order chi connectivity index (χ0) is 14.0. The second-order valence-corrected chi connectivity index (χ2v) is 5.74. The summed E-state index contributed by atoms with van der Waals surface area (Å²) in [6.45, 7) is 5.99. The lowest BCUT2D eigenvalue weighted by Gasteiger charge is -2.08. The molecule has 3 nitrogen and oxygen atoms in total. The molecule has 19 heavy (non-hydrogen) atoms. The monoisotopic (exact) mass is 275 g/mol. The van der Waals surface area contributed by atoms with E-state index in [2.05, 4.69) is 5.32 Å². The van der Waals surface area contributed by atoms with Crippen LogP contribution < -0.4 is 10.1 Å². The van der Waals surface area contributed by atoms with Crippen molar-refractivity contribution in [2.45, 2.75) is 20.8 Å². The summed E-state index contributed by atoms with van der Waals surface area (Å²) in [4.78, 5) is 14.0. The van der Waals surface area contributed by atoms with Crippen molar-refractivity contribution in [1.82, 2.24) is 0 Å². The van der Waals surface area contributed by atoms with Gasteiger partial charge in [0, 0.05) is 10.6 Å². The van der Waals surface area contributed by atoms with E-state index in [1.54, 1.807) is 7.11 Å². The topological polar surface area (TPSA) is 38.3 Å². The molecule has 0 unspecified atom stereocenters. The van der Waals surface area contributed by atoms with Crippen LogP contribution in [0.25, 0.3) is 0 Å². The number of thiophene rings is 1. The van der Waals surface area contributed by atoms with Gasteiger partial charge in [-0.05, 0) is 56.2 Å². The second kappa shape index (κ2) is 5.45. The van der Waals surface area contributed by atoms with Gasteiger partial charge in [-0.1, -0.05) is 0 Å². The Kier molecular flexibility index (Phi) is 3.90. The predicted octanol–water partition coefficient (Wildman–Crippen LogP) is 3.93. The summed E-state index contributed by atoms with van der Waals surface area (Å²) < 4.78 is 5.20. The first kappa shape index (κ1) is 13.6. The fourth-order valence-electron chi connectivity index (χ4n) is 1.83. The number of benzene rings is 1. The van der Waals surface area contributed by atoms with Crippen LogP contribution in [-0.4, -0.2) is 13.0 Å². The maximum absolute atomic E-state index is 12.1. The summed E-state index contributed by atoms with van der Waals surface area (Å²) in [5, 5.41) is 2.91. The summed E-state index contributed by atoms with van der Waals surface area (Å²) >= 11 is 1.52. The highest BCUT2D eigenvalue weighted by atomic mass is 32.1. The van der Waals surface area contributed by atoms with Gasteiger partial charge in [-0.2, -0.15) is 0 Å². The molecule has 0 saturated carbocycles. The molecule has 4 heteroatoms. The molecule has 0 aliphatic heterocycles. The van der Waals surface area contributed by atoms with Gasteiger partial charge in [0.2, 0.25) is 0 Å². The summed E-state index contributed by atoms with van der Waals surface area (Å²) in [7, 11) is 1.64. The number of nitrogens with one attached hydrogen (secondary N) is 1. The van der Waals surface area contributed by atoms with Gasteiger partial charge in [-0.25, -0.2) is 0 Å². The highest BCUT2D eigenvalue weighted by Gasteiger charge is 2.11. The smallest absolute Gasteiger partial charge is 0.265 e. The molecular formula is C15H17NO2S. The fourth-order valence-corrected chi connectivity index (χ4v) is 2.76. The summed E-state index contributed by atoms with van der Waals surface area (Å²) in [6.07, 6.45) is 0. The van der Waals surface area contributed by atoms with Crippen LogP contribution in [0.3, 0.4) is 0 Å². The lowest BCUT2D eigenvalue weighted by molar-refractivity contribution is 0.103. The third-order valence-corrected chi connectivity index (χ3v) is 4.19. The molecule has 100 valence electrons. The van der Waals surface area contributed by atoms with Crippen LogP contribution in [0.15, 0.2) is 24.3 Å². The Morgan fingerprint density at radius 2 is 1.89 bits per heavy atom. The Hall–Kier alpha value is -1.81. The molecule has 0 atom stereocenters. The standard InChI is InChI=1S/C15H17NO2S/c1-9-8-14(19-11(9)3)15(17)16-12-5-6-13(18-4)10(2)7-12/h5-8H,1-4H3,(H,16,17). The van der Waals surface area contributed by atoms with Crippen LogP contribution in [0, 0.1) is 20.8 Å². The maximum atomic E-state index is 12.1. The summed E-state index contributed by atoms with van der Waals surface area (Å²) in [5.74, 6) is 0.756. The molecule has 2 aromatic rings. The lowest BCUT2D eigenvalue weighted by atomic mass is 10.2. The highest BCUT2D eigenvalue weighted by molar-refractivity contribution is 7.14. The van der Waals surface area contributed by atoms with E-state index in [1.165, 1.54) is 16.2 Å². The molecule has 2 rings (SSSR count). The second-order valence-electron chi connectivity index (χ2n) is 4.49. The summed E-state index contributed by atoms with van der Waals surface area (Å²) in [5.41, 5.74) is 2.94. The molecular weight excluding hydrogens is 258 g/mol. The van der Waals surface area contributed by atoms with E-state index in [0.29, 0.717) is 0 Å². The van der Waals surface area contributed by atoms with Gasteiger partial charge in [-0.3, -0.25) is 4.79 Å². The Morgan fingerprint density at radius 1 is 1.16 bits per heavy atom. The van der Waals surface area contributed by atoms with Gasteiger partial charge < -0.3 is 10.1 Å². The molecule has 0 aliphatic rings. The molecule has 0 bridgehead atoms. The molecule has 0 spiro atoms. The van der Waals surface area contributed by atoms with Crippen molar-refractivity contribution in [2.75, 3.05) is 12.4 Å². The molecule has 0 radical (unpaired) electrons. The number of methoxy groups -OCH3 is 1. The van der Waals surface area contributed by atoms with Crippen LogP contribution in [0.4, 0.5) is 5.69 Å². The number of aryl methyl sites for hydroxylation is 3. The van der Waals surface area contributed by atoms with E-state index in [9.17, 15) is 4.79 Å². The number of rotatable bonds is 3.